The van der Waals surface area contributed by atoms with Crippen LogP contribution in [0.5, 0.6) is 0 Å². The zero-order chi connectivity index (χ0) is 22.1. The van der Waals surface area contributed by atoms with E-state index >= 15 is 0 Å². The van der Waals surface area contributed by atoms with Crippen molar-refractivity contribution in [1.29, 1.82) is 0 Å². The summed E-state index contributed by atoms with van der Waals surface area (Å²) in [6.45, 7) is 5.56. The van der Waals surface area contributed by atoms with Gasteiger partial charge in [0, 0.05) is 51.0 Å². The van der Waals surface area contributed by atoms with Gasteiger partial charge in [-0.1, -0.05) is 29.8 Å². The first-order chi connectivity index (χ1) is 14.1. The van der Waals surface area contributed by atoms with Crippen molar-refractivity contribution in [2.24, 2.45) is 0 Å². The summed E-state index contributed by atoms with van der Waals surface area (Å²) < 4.78 is 40.6. The summed E-state index contributed by atoms with van der Waals surface area (Å²) in [5.74, 6) is -0.732. The molecular weight excluding hydrogens is 444 g/mol. The summed E-state index contributed by atoms with van der Waals surface area (Å²) in [5.41, 5.74) is -0.245. The van der Waals surface area contributed by atoms with E-state index in [1.165, 1.54) is 23.1 Å². The van der Waals surface area contributed by atoms with Crippen LogP contribution in [0, 0.1) is 0 Å². The van der Waals surface area contributed by atoms with Crippen molar-refractivity contribution < 1.29 is 22.8 Å². The van der Waals surface area contributed by atoms with Crippen LogP contribution in [0.25, 0.3) is 0 Å². The fourth-order valence-corrected chi connectivity index (χ4v) is 3.84. The molecule has 6 nitrogen and oxygen atoms in total. The molecule has 11 heteroatoms. The molecule has 0 spiro atoms. The van der Waals surface area contributed by atoms with Crippen molar-refractivity contribution in [3.63, 3.8) is 0 Å². The smallest absolute Gasteiger partial charge is 0.339 e. The number of rotatable bonds is 5. The fourth-order valence-electron chi connectivity index (χ4n) is 3.55. The third kappa shape index (κ3) is 5.01. The molecule has 0 atom stereocenters. The number of amides is 2. The predicted molar refractivity (Wildman–Crippen MR) is 109 cm³/mol. The van der Waals surface area contributed by atoms with Gasteiger partial charge in [-0.15, -0.1) is 0 Å². The molecule has 164 valence electrons. The molecule has 2 aliphatic rings. The highest BCUT2D eigenvalue weighted by atomic mass is 35.5. The molecule has 30 heavy (non-hydrogen) atoms. The number of benzene rings is 1. The van der Waals surface area contributed by atoms with Crippen molar-refractivity contribution >= 4 is 40.7 Å². The van der Waals surface area contributed by atoms with Gasteiger partial charge in [-0.3, -0.25) is 19.4 Å². The highest BCUT2D eigenvalue weighted by Gasteiger charge is 2.41. The van der Waals surface area contributed by atoms with Crippen molar-refractivity contribution in [2.75, 3.05) is 50.7 Å². The Bertz CT molecular complexity index is 822. The molecule has 2 saturated heterocycles. The minimum Gasteiger partial charge on any atom is -0.339 e. The molecule has 0 radical (unpaired) electrons. The maximum absolute atomic E-state index is 13.5. The van der Waals surface area contributed by atoms with E-state index in [2.05, 4.69) is 11.5 Å². The molecule has 0 aromatic heterocycles. The molecule has 1 aromatic carbocycles. The number of likely N-dealkylation sites (tertiary alicyclic amines) is 1. The van der Waals surface area contributed by atoms with Crippen molar-refractivity contribution in [1.82, 2.24) is 14.7 Å². The second-order valence-electron chi connectivity index (χ2n) is 7.17. The highest BCUT2D eigenvalue weighted by molar-refractivity contribution is 6.42. The number of hydrogen-bond acceptors (Lipinski definition) is 4. The van der Waals surface area contributed by atoms with Crippen LogP contribution in [0.15, 0.2) is 30.9 Å². The lowest BCUT2D eigenvalue weighted by Crippen LogP contribution is -2.64. The van der Waals surface area contributed by atoms with Crippen molar-refractivity contribution in [2.45, 2.75) is 12.3 Å². The lowest BCUT2D eigenvalue weighted by Gasteiger charge is -2.48. The number of carbonyl (C=O) groups is 2. The van der Waals surface area contributed by atoms with Gasteiger partial charge in [0.15, 0.2) is 0 Å². The number of anilines is 1. The number of carbonyl (C=O) groups excluding carboxylic acids is 2. The van der Waals surface area contributed by atoms with Gasteiger partial charge in [0.05, 0.1) is 10.0 Å². The normalized spacial score (nSPS) is 18.2. The lowest BCUT2D eigenvalue weighted by atomic mass is 10.1. The second kappa shape index (κ2) is 9.03. The average molecular weight is 465 g/mol. The average Bonchev–Trinajstić information content (AvgIpc) is 2.66. The van der Waals surface area contributed by atoms with Crippen LogP contribution in [0.4, 0.5) is 18.9 Å². The van der Waals surface area contributed by atoms with E-state index < -0.39 is 18.8 Å². The van der Waals surface area contributed by atoms with Gasteiger partial charge < -0.3 is 9.80 Å². The first kappa shape index (κ1) is 22.7. The van der Waals surface area contributed by atoms with E-state index in [0.29, 0.717) is 39.3 Å². The minimum absolute atomic E-state index is 0.0195. The van der Waals surface area contributed by atoms with Crippen LogP contribution < -0.4 is 4.90 Å². The summed E-state index contributed by atoms with van der Waals surface area (Å²) in [5, 5.41) is 0.114. The molecular formula is C19H21Cl2F3N4O2. The molecule has 2 aliphatic heterocycles. The van der Waals surface area contributed by atoms with Crippen LogP contribution >= 0.6 is 23.2 Å². The Hall–Kier alpha value is -1.97. The first-order valence-electron chi connectivity index (χ1n) is 9.32. The quantitative estimate of drug-likeness (QED) is 0.496. The van der Waals surface area contributed by atoms with E-state index in [9.17, 15) is 22.8 Å². The summed E-state index contributed by atoms with van der Waals surface area (Å²) in [4.78, 5) is 29.4. The number of halogens is 5. The Labute approximate surface area is 182 Å². The number of piperazine rings is 1. The van der Waals surface area contributed by atoms with Gasteiger partial charge in [0.2, 0.25) is 11.8 Å². The summed E-state index contributed by atoms with van der Waals surface area (Å²) in [7, 11) is 0. The Kier molecular flexibility index (Phi) is 6.84. The maximum atomic E-state index is 13.5. The van der Waals surface area contributed by atoms with Crippen LogP contribution in [-0.4, -0.2) is 84.7 Å². The van der Waals surface area contributed by atoms with Gasteiger partial charge in [-0.2, -0.15) is 13.2 Å². The summed E-state index contributed by atoms with van der Waals surface area (Å²) >= 11 is 11.6. The van der Waals surface area contributed by atoms with Crippen LogP contribution in [0.3, 0.4) is 0 Å². The zero-order valence-corrected chi connectivity index (χ0v) is 17.6. The zero-order valence-electron chi connectivity index (χ0n) is 16.0. The molecule has 2 fully saturated rings. The Morgan fingerprint density at radius 3 is 2.27 bits per heavy atom. The molecule has 2 amide bonds. The van der Waals surface area contributed by atoms with Crippen LogP contribution in [0.2, 0.25) is 10.0 Å². The lowest BCUT2D eigenvalue weighted by molar-refractivity contribution is -0.145. The highest BCUT2D eigenvalue weighted by Crippen LogP contribution is 2.33. The van der Waals surface area contributed by atoms with Crippen LogP contribution in [0.1, 0.15) is 0 Å². The Morgan fingerprint density at radius 2 is 1.73 bits per heavy atom. The molecule has 1 aromatic rings. The Balaban J connectivity index is 1.56. The number of hydrogen-bond donors (Lipinski definition) is 0. The SMILES string of the molecule is C=CC(=O)N1CC(N2CCN(C(=O)CN(c3ccc(Cl)c(Cl)c3)C(F)(F)F)CC2)C1. The van der Waals surface area contributed by atoms with Gasteiger partial charge >= 0.3 is 6.30 Å². The predicted octanol–water partition coefficient (Wildman–Crippen LogP) is 2.86. The molecule has 0 saturated carbocycles. The molecule has 0 aliphatic carbocycles. The number of nitrogens with zero attached hydrogens (tertiary/aromatic N) is 4. The minimum atomic E-state index is -4.75. The van der Waals surface area contributed by atoms with Gasteiger partial charge in [0.1, 0.15) is 6.54 Å². The summed E-state index contributed by atoms with van der Waals surface area (Å²) in [6, 6.07) is 3.74. The monoisotopic (exact) mass is 464 g/mol. The molecule has 0 bridgehead atoms. The van der Waals surface area contributed by atoms with Crippen molar-refractivity contribution in [3.8, 4) is 0 Å². The summed E-state index contributed by atoms with van der Waals surface area (Å²) in [6.07, 6.45) is -3.48. The van der Waals surface area contributed by atoms with E-state index in [1.807, 2.05) is 0 Å². The first-order valence-corrected chi connectivity index (χ1v) is 10.1. The topological polar surface area (TPSA) is 47.1 Å². The van der Waals surface area contributed by atoms with E-state index in [4.69, 9.17) is 23.2 Å². The molecule has 0 unspecified atom stereocenters. The van der Waals surface area contributed by atoms with Crippen molar-refractivity contribution in [3.05, 3.63) is 40.9 Å². The maximum Gasteiger partial charge on any atom is 0.485 e. The van der Waals surface area contributed by atoms with Gasteiger partial charge in [-0.05, 0) is 24.3 Å². The largest absolute Gasteiger partial charge is 0.485 e. The van der Waals surface area contributed by atoms with E-state index in [1.54, 1.807) is 4.90 Å². The van der Waals surface area contributed by atoms with E-state index in [0.717, 1.165) is 6.07 Å². The number of alkyl halides is 3. The third-order valence-electron chi connectivity index (χ3n) is 5.35. The van der Waals surface area contributed by atoms with Crippen LogP contribution in [-0.2, 0) is 9.59 Å². The van der Waals surface area contributed by atoms with E-state index in [-0.39, 0.29) is 32.6 Å². The molecule has 3 rings (SSSR count). The molecule has 2 heterocycles. The standard InChI is InChI=1S/C19H21Cl2F3N4O2/c1-2-17(29)27-10-14(11-27)25-5-7-26(8-6-25)18(30)12-28(19(22,23)24)13-3-4-15(20)16(21)9-13/h2-4,9,14H,1,5-8,10-12H2. The fraction of sp³-hybridized carbons (Fsp3) is 0.474. The van der Waals surface area contributed by atoms with Gasteiger partial charge in [-0.25, -0.2) is 0 Å². The second-order valence-corrected chi connectivity index (χ2v) is 7.98. The Morgan fingerprint density at radius 1 is 1.10 bits per heavy atom. The molecule has 0 N–H and O–H groups in total. The third-order valence-corrected chi connectivity index (χ3v) is 6.09. The van der Waals surface area contributed by atoms with Gasteiger partial charge in [0.25, 0.3) is 0 Å².